The fourth-order valence-corrected chi connectivity index (χ4v) is 3.05. The number of benzene rings is 1. The summed E-state index contributed by atoms with van der Waals surface area (Å²) in [5.41, 5.74) is 0.140. The van der Waals surface area contributed by atoms with Crippen LogP contribution in [-0.4, -0.2) is 30.6 Å². The molecule has 0 bridgehead atoms. The Bertz CT molecular complexity index is 646. The molecular formula is C16H17ClFNO3S. The van der Waals surface area contributed by atoms with E-state index in [1.165, 1.54) is 18.3 Å². The quantitative estimate of drug-likeness (QED) is 0.232. The van der Waals surface area contributed by atoms with Crippen LogP contribution in [0.15, 0.2) is 22.2 Å². The van der Waals surface area contributed by atoms with E-state index >= 15 is 0 Å². The first-order chi connectivity index (χ1) is 11.0. The highest BCUT2D eigenvalue weighted by atomic mass is 35.5. The number of carbonyl (C=O) groups is 2. The number of hydrogen-bond acceptors (Lipinski definition) is 5. The van der Waals surface area contributed by atoms with Crippen molar-refractivity contribution >= 4 is 41.1 Å². The minimum Gasteiger partial charge on any atom is -0.396 e. The molecule has 0 aromatic heterocycles. The Morgan fingerprint density at radius 3 is 2.78 bits per heavy atom. The van der Waals surface area contributed by atoms with Gasteiger partial charge in [-0.25, -0.2) is 4.39 Å². The lowest BCUT2D eigenvalue weighted by Gasteiger charge is -2.13. The average Bonchev–Trinajstić information content (AvgIpc) is 3.38. The first-order valence-electron chi connectivity index (χ1n) is 7.26. The number of ketones is 2. The van der Waals surface area contributed by atoms with Crippen molar-refractivity contribution in [3.63, 3.8) is 0 Å². The van der Waals surface area contributed by atoms with Crippen LogP contribution in [0.2, 0.25) is 5.02 Å². The maximum absolute atomic E-state index is 14.1. The van der Waals surface area contributed by atoms with E-state index in [9.17, 15) is 14.0 Å². The van der Waals surface area contributed by atoms with Crippen molar-refractivity contribution in [1.82, 2.24) is 0 Å². The lowest BCUT2D eigenvalue weighted by Crippen LogP contribution is -2.27. The van der Waals surface area contributed by atoms with Gasteiger partial charge in [0.25, 0.3) is 0 Å². The molecule has 4 nitrogen and oxygen atoms in total. The third-order valence-electron chi connectivity index (χ3n) is 3.50. The zero-order valence-corrected chi connectivity index (χ0v) is 14.4. The Balaban J connectivity index is 2.36. The molecule has 0 heterocycles. The van der Waals surface area contributed by atoms with Crippen LogP contribution in [0.5, 0.6) is 0 Å². The van der Waals surface area contributed by atoms with E-state index in [4.69, 9.17) is 16.4 Å². The molecule has 0 N–H and O–H groups in total. The Hall–Kier alpha value is -1.40. The van der Waals surface area contributed by atoms with E-state index in [1.807, 2.05) is 0 Å². The Labute approximate surface area is 143 Å². The number of oxime groups is 1. The maximum atomic E-state index is 14.1. The minimum absolute atomic E-state index is 0.0565. The molecule has 1 aromatic rings. The van der Waals surface area contributed by atoms with Crippen molar-refractivity contribution in [2.45, 2.75) is 24.7 Å². The molecule has 1 fully saturated rings. The normalized spacial score (nSPS) is 15.7. The molecule has 0 radical (unpaired) electrons. The number of nitrogens with zero attached hydrogens (tertiary/aromatic N) is 1. The highest BCUT2D eigenvalue weighted by Crippen LogP contribution is 2.35. The van der Waals surface area contributed by atoms with E-state index in [-0.39, 0.29) is 27.2 Å². The van der Waals surface area contributed by atoms with Crippen LogP contribution in [0.4, 0.5) is 4.39 Å². The lowest BCUT2D eigenvalue weighted by atomic mass is 9.92. The van der Waals surface area contributed by atoms with Crippen molar-refractivity contribution in [3.8, 4) is 0 Å². The van der Waals surface area contributed by atoms with Crippen molar-refractivity contribution in [2.75, 3.05) is 12.9 Å². The summed E-state index contributed by atoms with van der Waals surface area (Å²) in [6.45, 7) is 2.08. The number of rotatable bonds is 8. The molecule has 0 spiro atoms. The number of Topliss-reactive ketones (excluding diaryl/α,β-unsaturated/α-hetero) is 2. The van der Waals surface area contributed by atoms with Gasteiger partial charge in [0.2, 0.25) is 0 Å². The van der Waals surface area contributed by atoms with Gasteiger partial charge in [-0.05, 0) is 38.2 Å². The third kappa shape index (κ3) is 4.12. The maximum Gasteiger partial charge on any atom is 0.180 e. The van der Waals surface area contributed by atoms with Gasteiger partial charge in [-0.2, -0.15) is 0 Å². The topological polar surface area (TPSA) is 55.7 Å². The van der Waals surface area contributed by atoms with E-state index < -0.39 is 17.5 Å². The van der Waals surface area contributed by atoms with E-state index in [2.05, 4.69) is 5.16 Å². The molecule has 7 heteroatoms. The van der Waals surface area contributed by atoms with Crippen LogP contribution < -0.4 is 0 Å². The largest absolute Gasteiger partial charge is 0.396 e. The van der Waals surface area contributed by atoms with Gasteiger partial charge >= 0.3 is 0 Å². The molecular weight excluding hydrogens is 341 g/mol. The van der Waals surface area contributed by atoms with Gasteiger partial charge in [-0.15, -0.1) is 11.8 Å². The summed E-state index contributed by atoms with van der Waals surface area (Å²) in [4.78, 5) is 30.1. The Morgan fingerprint density at radius 2 is 2.22 bits per heavy atom. The van der Waals surface area contributed by atoms with Gasteiger partial charge in [0.1, 0.15) is 12.5 Å². The minimum atomic E-state index is -1.06. The predicted molar refractivity (Wildman–Crippen MR) is 88.9 cm³/mol. The molecule has 124 valence electrons. The second-order valence-electron chi connectivity index (χ2n) is 5.13. The molecule has 0 aliphatic heterocycles. The van der Waals surface area contributed by atoms with Crippen LogP contribution in [0.3, 0.4) is 0 Å². The lowest BCUT2D eigenvalue weighted by molar-refractivity contribution is -0.121. The third-order valence-corrected chi connectivity index (χ3v) is 4.60. The van der Waals surface area contributed by atoms with Crippen molar-refractivity contribution < 1.29 is 18.8 Å². The van der Waals surface area contributed by atoms with Gasteiger partial charge in [0.05, 0.1) is 16.1 Å². The van der Waals surface area contributed by atoms with Crippen LogP contribution >= 0.6 is 23.4 Å². The smallest absolute Gasteiger partial charge is 0.180 e. The zero-order valence-electron chi connectivity index (χ0n) is 12.8. The van der Waals surface area contributed by atoms with Crippen molar-refractivity contribution in [1.29, 1.82) is 0 Å². The predicted octanol–water partition coefficient (Wildman–Crippen LogP) is 4.00. The molecule has 1 atom stereocenters. The monoisotopic (exact) mass is 357 g/mol. The SMILES string of the molecule is CCON=CC(C(=O)c1ccc(Cl)c(F)c1SC)C(=O)C1CC1. The molecule has 23 heavy (non-hydrogen) atoms. The molecule has 1 aliphatic carbocycles. The second-order valence-corrected chi connectivity index (χ2v) is 6.36. The molecule has 1 unspecified atom stereocenters. The summed E-state index contributed by atoms with van der Waals surface area (Å²) in [5, 5.41) is 3.61. The molecule has 0 saturated heterocycles. The summed E-state index contributed by atoms with van der Waals surface area (Å²) < 4.78 is 14.1. The zero-order chi connectivity index (χ0) is 17.0. The first kappa shape index (κ1) is 17.9. The highest BCUT2D eigenvalue weighted by molar-refractivity contribution is 7.98. The van der Waals surface area contributed by atoms with Gasteiger partial charge in [-0.3, -0.25) is 9.59 Å². The van der Waals surface area contributed by atoms with Gasteiger partial charge < -0.3 is 4.84 Å². The molecule has 2 rings (SSSR count). The molecule has 1 aliphatic rings. The summed E-state index contributed by atoms with van der Waals surface area (Å²) in [5.74, 6) is -2.50. The fourth-order valence-electron chi connectivity index (χ4n) is 2.16. The second kappa shape index (κ2) is 7.93. The first-order valence-corrected chi connectivity index (χ1v) is 8.86. The number of halogens is 2. The van der Waals surface area contributed by atoms with Gasteiger partial charge in [0.15, 0.2) is 17.4 Å². The Kier molecular flexibility index (Phi) is 6.18. The average molecular weight is 358 g/mol. The summed E-state index contributed by atoms with van der Waals surface area (Å²) in [6.07, 6.45) is 4.41. The van der Waals surface area contributed by atoms with Crippen LogP contribution in [0.25, 0.3) is 0 Å². The van der Waals surface area contributed by atoms with Crippen molar-refractivity contribution in [3.05, 3.63) is 28.5 Å². The van der Waals surface area contributed by atoms with Crippen LogP contribution in [-0.2, 0) is 9.63 Å². The highest BCUT2D eigenvalue weighted by Gasteiger charge is 2.38. The van der Waals surface area contributed by atoms with Crippen LogP contribution in [0, 0.1) is 17.7 Å². The van der Waals surface area contributed by atoms with Gasteiger partial charge in [-0.1, -0.05) is 16.8 Å². The summed E-state index contributed by atoms with van der Waals surface area (Å²) in [6, 6.07) is 2.77. The number of carbonyl (C=O) groups excluding carboxylic acids is 2. The van der Waals surface area contributed by atoms with E-state index in [1.54, 1.807) is 13.2 Å². The standard InChI is InChI=1S/C16H17ClFNO3S/c1-3-22-19-8-11(14(20)9-4-5-9)15(21)10-6-7-12(17)13(18)16(10)23-2/h6-9,11H,3-5H2,1-2H3. The molecule has 0 amide bonds. The fraction of sp³-hybridized carbons (Fsp3) is 0.438. The molecule has 1 aromatic carbocycles. The Morgan fingerprint density at radius 1 is 1.52 bits per heavy atom. The van der Waals surface area contributed by atoms with Crippen molar-refractivity contribution in [2.24, 2.45) is 17.0 Å². The van der Waals surface area contributed by atoms with E-state index in [0.717, 1.165) is 24.6 Å². The summed E-state index contributed by atoms with van der Waals surface area (Å²) in [7, 11) is 0. The molecule has 1 saturated carbocycles. The summed E-state index contributed by atoms with van der Waals surface area (Å²) >= 11 is 6.84. The number of thioether (sulfide) groups is 1. The van der Waals surface area contributed by atoms with Crippen LogP contribution in [0.1, 0.15) is 30.1 Å². The van der Waals surface area contributed by atoms with Gasteiger partial charge in [0, 0.05) is 11.5 Å². The van der Waals surface area contributed by atoms with E-state index in [0.29, 0.717) is 6.61 Å². The number of hydrogen-bond donors (Lipinski definition) is 0.